The summed E-state index contributed by atoms with van der Waals surface area (Å²) in [6.07, 6.45) is 0.0549. The van der Waals surface area contributed by atoms with E-state index in [1.807, 2.05) is 0 Å². The van der Waals surface area contributed by atoms with Crippen LogP contribution in [0, 0.1) is 0 Å². The fourth-order valence-electron chi connectivity index (χ4n) is 2.08. The Kier molecular flexibility index (Phi) is 3.35. The number of H-pyrrole nitrogens is 1. The Bertz CT molecular complexity index is 539. The van der Waals surface area contributed by atoms with Crippen LogP contribution in [0.3, 0.4) is 0 Å². The second-order valence-corrected chi connectivity index (χ2v) is 4.46. The minimum Gasteiger partial charge on any atom is -0.395 e. The number of β-amino-alcohol motifs (C(OH)–C–C–N with tert-alkyl or cyclic N) is 1. The molecule has 0 amide bonds. The molecule has 2 rings (SSSR count). The summed E-state index contributed by atoms with van der Waals surface area (Å²) in [4.78, 5) is 24.4. The Morgan fingerprint density at radius 3 is 2.78 bits per heavy atom. The fraction of sp³-hybridized carbons (Fsp3) is 0.600. The average Bonchev–Trinajstić information content (AvgIpc) is 2.60. The van der Waals surface area contributed by atoms with Crippen molar-refractivity contribution < 1.29 is 15.3 Å². The van der Waals surface area contributed by atoms with Gasteiger partial charge in [-0.1, -0.05) is 0 Å². The smallest absolute Gasteiger partial charge is 0.328 e. The number of hydrogen-bond donors (Lipinski definition) is 5. The lowest BCUT2D eigenvalue weighted by Crippen LogP contribution is -2.50. The van der Waals surface area contributed by atoms with Gasteiger partial charge in [0, 0.05) is 18.8 Å². The molecule has 1 aromatic rings. The number of nitrogens with one attached hydrogen (secondary N) is 2. The van der Waals surface area contributed by atoms with E-state index < -0.39 is 29.0 Å². The molecule has 2 heterocycles. The zero-order chi connectivity index (χ0) is 13.3. The van der Waals surface area contributed by atoms with Gasteiger partial charge in [-0.3, -0.25) is 14.3 Å². The number of aromatic nitrogens is 2. The molecule has 0 radical (unpaired) electrons. The van der Waals surface area contributed by atoms with Gasteiger partial charge in [-0.05, 0) is 0 Å². The van der Waals surface area contributed by atoms with E-state index >= 15 is 0 Å². The highest BCUT2D eigenvalue weighted by atomic mass is 16.4. The Hall–Kier alpha value is -1.48. The first-order valence-corrected chi connectivity index (χ1v) is 5.51. The second-order valence-electron chi connectivity index (χ2n) is 4.46. The maximum atomic E-state index is 11.5. The summed E-state index contributed by atoms with van der Waals surface area (Å²) in [5.41, 5.74) is -2.74. The van der Waals surface area contributed by atoms with Crippen LogP contribution in [0.2, 0.25) is 0 Å². The molecule has 3 atom stereocenters. The van der Waals surface area contributed by atoms with Crippen LogP contribution in [0.1, 0.15) is 0 Å². The van der Waals surface area contributed by atoms with Crippen molar-refractivity contribution in [3.05, 3.63) is 33.1 Å². The zero-order valence-electron chi connectivity index (χ0n) is 9.54. The molecule has 0 aromatic carbocycles. The van der Waals surface area contributed by atoms with Gasteiger partial charge in [-0.25, -0.2) is 4.79 Å². The van der Waals surface area contributed by atoms with Crippen molar-refractivity contribution >= 4 is 0 Å². The lowest BCUT2D eigenvalue weighted by Gasteiger charge is -2.27. The fourth-order valence-corrected chi connectivity index (χ4v) is 2.08. The number of aliphatic hydroxyl groups is 3. The summed E-state index contributed by atoms with van der Waals surface area (Å²) >= 11 is 0. The monoisotopic (exact) mass is 257 g/mol. The molecule has 0 bridgehead atoms. The number of rotatable bonds is 3. The lowest BCUT2D eigenvalue weighted by atomic mass is 9.96. The summed E-state index contributed by atoms with van der Waals surface area (Å²) in [6, 6.07) is 0.525. The average molecular weight is 257 g/mol. The van der Waals surface area contributed by atoms with E-state index in [2.05, 4.69) is 10.3 Å². The van der Waals surface area contributed by atoms with Crippen molar-refractivity contribution in [1.29, 1.82) is 0 Å². The summed E-state index contributed by atoms with van der Waals surface area (Å²) in [6.45, 7) is -0.442. The molecule has 1 aromatic heterocycles. The molecule has 0 unspecified atom stereocenters. The number of nitrogens with zero attached hydrogens (tertiary/aromatic N) is 1. The molecule has 1 fully saturated rings. The van der Waals surface area contributed by atoms with Crippen LogP contribution in [0.4, 0.5) is 0 Å². The Balaban J connectivity index is 2.23. The van der Waals surface area contributed by atoms with E-state index in [1.54, 1.807) is 0 Å². The third-order valence-corrected chi connectivity index (χ3v) is 3.14. The Morgan fingerprint density at radius 2 is 2.22 bits per heavy atom. The van der Waals surface area contributed by atoms with Crippen LogP contribution in [-0.2, 0) is 6.54 Å². The summed E-state index contributed by atoms with van der Waals surface area (Å²) in [5.74, 6) is 0. The highest BCUT2D eigenvalue weighted by molar-refractivity contribution is 5.02. The second kappa shape index (κ2) is 4.65. The van der Waals surface area contributed by atoms with E-state index in [1.165, 1.54) is 6.20 Å². The van der Waals surface area contributed by atoms with Gasteiger partial charge in [0.05, 0.1) is 19.2 Å². The van der Waals surface area contributed by atoms with Crippen LogP contribution < -0.4 is 16.6 Å². The maximum absolute atomic E-state index is 11.5. The minimum atomic E-state index is -1.56. The molecule has 1 saturated heterocycles. The van der Waals surface area contributed by atoms with E-state index in [0.717, 1.165) is 10.6 Å². The molecule has 0 saturated carbocycles. The molecule has 0 aliphatic carbocycles. The minimum absolute atomic E-state index is 0.0466. The first-order valence-electron chi connectivity index (χ1n) is 5.51. The third kappa shape index (κ3) is 2.23. The zero-order valence-corrected chi connectivity index (χ0v) is 9.54. The molecule has 5 N–H and O–H groups in total. The number of hydrogen-bond acceptors (Lipinski definition) is 6. The van der Waals surface area contributed by atoms with Gasteiger partial charge in [0.1, 0.15) is 11.7 Å². The van der Waals surface area contributed by atoms with Crippen molar-refractivity contribution in [1.82, 2.24) is 14.9 Å². The summed E-state index contributed by atoms with van der Waals surface area (Å²) < 4.78 is 1.10. The van der Waals surface area contributed by atoms with E-state index in [9.17, 15) is 19.8 Å². The van der Waals surface area contributed by atoms with Crippen LogP contribution in [0.15, 0.2) is 21.9 Å². The number of aliphatic hydroxyl groups excluding tert-OH is 2. The first kappa shape index (κ1) is 13.0. The largest absolute Gasteiger partial charge is 0.395 e. The van der Waals surface area contributed by atoms with Gasteiger partial charge >= 0.3 is 5.69 Å². The first-order chi connectivity index (χ1) is 8.46. The predicted octanol–water partition coefficient (Wildman–Crippen LogP) is -3.41. The van der Waals surface area contributed by atoms with E-state index in [4.69, 9.17) is 5.11 Å². The van der Waals surface area contributed by atoms with E-state index in [0.29, 0.717) is 0 Å². The van der Waals surface area contributed by atoms with Gasteiger partial charge in [-0.15, -0.1) is 0 Å². The summed E-state index contributed by atoms with van der Waals surface area (Å²) in [5, 5.41) is 31.8. The Morgan fingerprint density at radius 1 is 1.50 bits per heavy atom. The van der Waals surface area contributed by atoms with Crippen LogP contribution in [0.5, 0.6) is 0 Å². The quantitative estimate of drug-likeness (QED) is 0.384. The third-order valence-electron chi connectivity index (χ3n) is 3.14. The van der Waals surface area contributed by atoms with Crippen molar-refractivity contribution in [2.24, 2.45) is 0 Å². The van der Waals surface area contributed by atoms with Gasteiger partial charge < -0.3 is 20.6 Å². The Labute approximate surface area is 102 Å². The van der Waals surface area contributed by atoms with Gasteiger partial charge in [0.25, 0.3) is 5.56 Å². The van der Waals surface area contributed by atoms with Gasteiger partial charge in [0.15, 0.2) is 0 Å². The van der Waals surface area contributed by atoms with Crippen molar-refractivity contribution in [2.45, 2.75) is 24.3 Å². The maximum Gasteiger partial charge on any atom is 0.328 e. The molecule has 8 nitrogen and oxygen atoms in total. The molecule has 1 aliphatic heterocycles. The summed E-state index contributed by atoms with van der Waals surface area (Å²) in [7, 11) is 0. The molecule has 18 heavy (non-hydrogen) atoms. The van der Waals surface area contributed by atoms with Gasteiger partial charge in [-0.2, -0.15) is 0 Å². The topological polar surface area (TPSA) is 128 Å². The van der Waals surface area contributed by atoms with Crippen LogP contribution in [-0.4, -0.2) is 55.8 Å². The SMILES string of the molecule is O=c1ccn(C[C@]2(O)CN[C@H](CO)[C@H]2O)c(=O)[nH]1. The molecule has 8 heteroatoms. The molecular formula is C10H15N3O5. The molecule has 1 aliphatic rings. The van der Waals surface area contributed by atoms with Crippen molar-refractivity contribution in [2.75, 3.05) is 13.2 Å². The molecule has 0 spiro atoms. The highest BCUT2D eigenvalue weighted by Gasteiger charge is 2.46. The van der Waals surface area contributed by atoms with Gasteiger partial charge in [0.2, 0.25) is 0 Å². The standard InChI is InChI=1S/C10H15N3O5/c14-3-6-8(16)10(18,4-11-6)5-13-2-1-7(15)12-9(13)17/h1-2,6,8,11,14,16,18H,3-5H2,(H,12,15,17)/t6-,8-,10-/m1/s1. The predicted molar refractivity (Wildman–Crippen MR) is 61.2 cm³/mol. The highest BCUT2D eigenvalue weighted by Crippen LogP contribution is 2.21. The van der Waals surface area contributed by atoms with E-state index in [-0.39, 0.29) is 19.7 Å². The van der Waals surface area contributed by atoms with Crippen molar-refractivity contribution in [3.8, 4) is 0 Å². The molecule has 100 valence electrons. The number of aromatic amines is 1. The molecular weight excluding hydrogens is 242 g/mol. The van der Waals surface area contributed by atoms with Crippen LogP contribution >= 0.6 is 0 Å². The van der Waals surface area contributed by atoms with Crippen molar-refractivity contribution in [3.63, 3.8) is 0 Å². The van der Waals surface area contributed by atoms with Crippen LogP contribution in [0.25, 0.3) is 0 Å². The lowest BCUT2D eigenvalue weighted by molar-refractivity contribution is -0.0653. The normalized spacial score (nSPS) is 31.7.